The summed E-state index contributed by atoms with van der Waals surface area (Å²) in [6, 6.07) is 0.778. The van der Waals surface area contributed by atoms with E-state index in [1.165, 1.54) is 12.1 Å². The molecule has 0 saturated carbocycles. The van der Waals surface area contributed by atoms with E-state index in [1.807, 2.05) is 0 Å². The zero-order valence-electron chi connectivity index (χ0n) is 20.1. The normalized spacial score (nSPS) is 14.2. The smallest absolute Gasteiger partial charge is 0.328 e. The summed E-state index contributed by atoms with van der Waals surface area (Å²) in [5.41, 5.74) is 6.59. The average Bonchev–Trinajstić information content (AvgIpc) is 2.79. The van der Waals surface area contributed by atoms with Crippen molar-refractivity contribution in [3.63, 3.8) is 0 Å². The van der Waals surface area contributed by atoms with Gasteiger partial charge in [-0.3, -0.25) is 19.2 Å². The second kappa shape index (κ2) is 14.6. The number of carbonyl (C=O) groups excluding carboxylic acids is 3. The molecule has 0 heterocycles. The van der Waals surface area contributed by atoms with Crippen LogP contribution in [-0.2, 0) is 30.4 Å². The van der Waals surface area contributed by atoms with Gasteiger partial charge >= 0.3 is 11.9 Å². The molecule has 0 radical (unpaired) electrons. The number of rotatable bonds is 15. The van der Waals surface area contributed by atoms with E-state index < -0.39 is 66.9 Å². The van der Waals surface area contributed by atoms with E-state index in [4.69, 9.17) is 21.1 Å². The molecule has 1 aromatic rings. The second-order valence-corrected chi connectivity index (χ2v) is 8.74. The van der Waals surface area contributed by atoms with E-state index >= 15 is 0 Å². The predicted molar refractivity (Wildman–Crippen MR) is 127 cm³/mol. The number of aromatic hydroxyl groups is 1. The number of carboxylic acids is 2. The molecule has 4 unspecified atom stereocenters. The molecule has 0 fully saturated rings. The Morgan fingerprint density at radius 2 is 1.39 bits per heavy atom. The number of phenolic OH excluding ortho intramolecular Hbond substituents is 1. The molecule has 0 aliphatic carbocycles. The first-order chi connectivity index (χ1) is 16.8. The fourth-order valence-electron chi connectivity index (χ4n) is 3.23. The molecule has 200 valence electrons. The SMILES string of the molecule is CC(C)CC(NC(=O)C(CCC(=O)O)NC(=O)C(N)Cc1ccc(O)cc1)C(=O)NC(CO)C(=O)O. The third-order valence-corrected chi connectivity index (χ3v) is 5.15. The third-order valence-electron chi connectivity index (χ3n) is 5.15. The number of hydrogen-bond acceptors (Lipinski definition) is 8. The molecule has 0 saturated heterocycles. The van der Waals surface area contributed by atoms with Gasteiger partial charge in [-0.2, -0.15) is 0 Å². The molecule has 1 aromatic carbocycles. The Morgan fingerprint density at radius 1 is 0.861 bits per heavy atom. The van der Waals surface area contributed by atoms with Gasteiger partial charge in [0.25, 0.3) is 0 Å². The van der Waals surface area contributed by atoms with Crippen molar-refractivity contribution in [2.75, 3.05) is 6.61 Å². The van der Waals surface area contributed by atoms with Crippen molar-refractivity contribution >= 4 is 29.7 Å². The molecule has 4 atom stereocenters. The average molecular weight is 511 g/mol. The summed E-state index contributed by atoms with van der Waals surface area (Å²) in [5.74, 6) is -5.18. The number of hydrogen-bond donors (Lipinski definition) is 8. The van der Waals surface area contributed by atoms with Crippen LogP contribution in [0.4, 0.5) is 0 Å². The van der Waals surface area contributed by atoms with Crippen molar-refractivity contribution in [3.05, 3.63) is 29.8 Å². The number of phenols is 1. The van der Waals surface area contributed by atoms with Crippen LogP contribution in [0.2, 0.25) is 0 Å². The van der Waals surface area contributed by atoms with Crippen LogP contribution in [0.1, 0.15) is 38.7 Å². The van der Waals surface area contributed by atoms with Crippen LogP contribution < -0.4 is 21.7 Å². The number of nitrogens with two attached hydrogens (primary N) is 1. The number of carbonyl (C=O) groups is 5. The van der Waals surface area contributed by atoms with E-state index in [0.29, 0.717) is 5.56 Å². The molecule has 0 aromatic heterocycles. The Morgan fingerprint density at radius 3 is 1.89 bits per heavy atom. The standard InChI is InChI=1S/C23H34N4O9/c1-12(2)9-17(22(34)27-18(11-28)23(35)36)26-21(33)16(7-8-19(30)31)25-20(32)15(24)10-13-3-5-14(29)6-4-13/h3-6,12,15-18,28-29H,7-11,24H2,1-2H3,(H,25,32)(H,26,33)(H,27,34)(H,30,31)(H,35,36). The van der Waals surface area contributed by atoms with Gasteiger partial charge in [0.1, 0.15) is 23.9 Å². The van der Waals surface area contributed by atoms with Gasteiger partial charge in [-0.15, -0.1) is 0 Å². The summed E-state index contributed by atoms with van der Waals surface area (Å²) in [7, 11) is 0. The van der Waals surface area contributed by atoms with Gasteiger partial charge in [-0.25, -0.2) is 4.79 Å². The van der Waals surface area contributed by atoms with Crippen LogP contribution in [0.3, 0.4) is 0 Å². The quantitative estimate of drug-likeness (QED) is 0.139. The highest BCUT2D eigenvalue weighted by Crippen LogP contribution is 2.12. The van der Waals surface area contributed by atoms with Gasteiger partial charge in [0.15, 0.2) is 0 Å². The first-order valence-electron chi connectivity index (χ1n) is 11.3. The van der Waals surface area contributed by atoms with Gasteiger partial charge in [0, 0.05) is 6.42 Å². The molecule has 0 spiro atoms. The third kappa shape index (κ3) is 10.7. The summed E-state index contributed by atoms with van der Waals surface area (Å²) >= 11 is 0. The number of aliphatic hydroxyl groups is 1. The van der Waals surface area contributed by atoms with E-state index in [1.54, 1.807) is 26.0 Å². The number of nitrogens with one attached hydrogen (secondary N) is 3. The maximum atomic E-state index is 13.0. The molecule has 0 aliphatic heterocycles. The summed E-state index contributed by atoms with van der Waals surface area (Å²) in [6.45, 7) is 2.66. The van der Waals surface area contributed by atoms with E-state index in [9.17, 15) is 29.1 Å². The van der Waals surface area contributed by atoms with E-state index in [2.05, 4.69) is 16.0 Å². The van der Waals surface area contributed by atoms with Crippen molar-refractivity contribution in [2.45, 2.75) is 63.7 Å². The van der Waals surface area contributed by atoms with Crippen LogP contribution in [0.15, 0.2) is 24.3 Å². The zero-order valence-corrected chi connectivity index (χ0v) is 20.1. The maximum Gasteiger partial charge on any atom is 0.328 e. The van der Waals surface area contributed by atoms with Crippen molar-refractivity contribution in [1.29, 1.82) is 0 Å². The van der Waals surface area contributed by atoms with Crippen LogP contribution in [0.25, 0.3) is 0 Å². The van der Waals surface area contributed by atoms with Crippen LogP contribution in [0, 0.1) is 5.92 Å². The molecule has 9 N–H and O–H groups in total. The molecule has 0 aliphatic rings. The number of aliphatic hydroxyl groups excluding tert-OH is 1. The zero-order chi connectivity index (χ0) is 27.4. The van der Waals surface area contributed by atoms with Crippen LogP contribution in [-0.4, -0.2) is 80.9 Å². The molecular weight excluding hydrogens is 476 g/mol. The van der Waals surface area contributed by atoms with Crippen molar-refractivity contribution in [1.82, 2.24) is 16.0 Å². The number of carboxylic acid groups (broad SMARTS) is 2. The summed E-state index contributed by atoms with van der Waals surface area (Å²) in [4.78, 5) is 60.4. The van der Waals surface area contributed by atoms with Crippen molar-refractivity contribution < 1.29 is 44.4 Å². The Kier molecular flexibility index (Phi) is 12.3. The topological polar surface area (TPSA) is 228 Å². The second-order valence-electron chi connectivity index (χ2n) is 8.74. The first kappa shape index (κ1) is 30.3. The lowest BCUT2D eigenvalue weighted by molar-refractivity contribution is -0.143. The molecule has 1 rings (SSSR count). The van der Waals surface area contributed by atoms with Gasteiger partial charge in [0.05, 0.1) is 12.6 Å². The lowest BCUT2D eigenvalue weighted by Crippen LogP contribution is -2.57. The minimum absolute atomic E-state index is 0.0378. The molecule has 13 heteroatoms. The number of aliphatic carboxylic acids is 2. The predicted octanol–water partition coefficient (Wildman–Crippen LogP) is -1.30. The number of amides is 3. The Bertz CT molecular complexity index is 921. The Balaban J connectivity index is 2.97. The van der Waals surface area contributed by atoms with Crippen molar-refractivity contribution in [3.8, 4) is 5.75 Å². The van der Waals surface area contributed by atoms with E-state index in [-0.39, 0.29) is 30.9 Å². The molecule has 0 bridgehead atoms. The highest BCUT2D eigenvalue weighted by Gasteiger charge is 2.31. The Hall–Kier alpha value is -3.71. The fraction of sp³-hybridized carbons (Fsp3) is 0.522. The molecule has 13 nitrogen and oxygen atoms in total. The molecular formula is C23H34N4O9. The minimum atomic E-state index is -1.58. The first-order valence-corrected chi connectivity index (χ1v) is 11.3. The summed E-state index contributed by atoms with van der Waals surface area (Å²) < 4.78 is 0. The lowest BCUT2D eigenvalue weighted by Gasteiger charge is -2.25. The maximum absolute atomic E-state index is 13.0. The minimum Gasteiger partial charge on any atom is -0.508 e. The van der Waals surface area contributed by atoms with E-state index in [0.717, 1.165) is 0 Å². The van der Waals surface area contributed by atoms with Gasteiger partial charge in [-0.1, -0.05) is 26.0 Å². The number of benzene rings is 1. The molecule has 3 amide bonds. The van der Waals surface area contributed by atoms with Gasteiger partial charge in [0.2, 0.25) is 17.7 Å². The highest BCUT2D eigenvalue weighted by molar-refractivity contribution is 5.94. The fourth-order valence-corrected chi connectivity index (χ4v) is 3.23. The summed E-state index contributed by atoms with van der Waals surface area (Å²) in [5, 5.41) is 43.6. The largest absolute Gasteiger partial charge is 0.508 e. The molecule has 36 heavy (non-hydrogen) atoms. The summed E-state index contributed by atoms with van der Waals surface area (Å²) in [6.07, 6.45) is -0.563. The van der Waals surface area contributed by atoms with Crippen molar-refractivity contribution in [2.24, 2.45) is 11.7 Å². The Labute approximate surface area is 208 Å². The van der Waals surface area contributed by atoms with Crippen LogP contribution >= 0.6 is 0 Å². The monoisotopic (exact) mass is 510 g/mol. The lowest BCUT2D eigenvalue weighted by atomic mass is 10.0. The highest BCUT2D eigenvalue weighted by atomic mass is 16.4. The van der Waals surface area contributed by atoms with Gasteiger partial charge < -0.3 is 42.1 Å². The van der Waals surface area contributed by atoms with Crippen LogP contribution in [0.5, 0.6) is 5.75 Å². The van der Waals surface area contributed by atoms with Gasteiger partial charge in [-0.05, 0) is 42.9 Å².